The lowest BCUT2D eigenvalue weighted by molar-refractivity contribution is -0.122. The molecule has 3 N–H and O–H groups in total. The number of anilines is 2. The van der Waals surface area contributed by atoms with Gasteiger partial charge in [0, 0.05) is 36.6 Å². The summed E-state index contributed by atoms with van der Waals surface area (Å²) < 4.78 is 23.4. The highest BCUT2D eigenvalue weighted by molar-refractivity contribution is 7.90. The van der Waals surface area contributed by atoms with E-state index in [1.165, 1.54) is 18.2 Å². The largest absolute Gasteiger partial charge is 0.371 e. The average molecular weight is 436 g/mol. The summed E-state index contributed by atoms with van der Waals surface area (Å²) in [5.41, 5.74) is 7.01. The molecule has 0 aromatic heterocycles. The molecular formula is C20H22ClN3O4S. The number of halogens is 1. The number of piperidine rings is 1. The summed E-state index contributed by atoms with van der Waals surface area (Å²) in [7, 11) is -3.45. The Bertz CT molecular complexity index is 1030. The van der Waals surface area contributed by atoms with Gasteiger partial charge in [-0.05, 0) is 55.3 Å². The number of rotatable bonds is 5. The van der Waals surface area contributed by atoms with E-state index in [2.05, 4.69) is 10.2 Å². The molecule has 9 heteroatoms. The highest BCUT2D eigenvalue weighted by Crippen LogP contribution is 2.26. The van der Waals surface area contributed by atoms with Gasteiger partial charge in [0.2, 0.25) is 5.91 Å². The molecule has 1 fully saturated rings. The molecule has 0 atom stereocenters. The molecule has 0 aliphatic carbocycles. The maximum Gasteiger partial charge on any atom is 0.257 e. The molecule has 0 spiro atoms. The summed E-state index contributed by atoms with van der Waals surface area (Å²) in [5, 5.41) is 2.90. The number of amides is 2. The highest BCUT2D eigenvalue weighted by atomic mass is 35.5. The van der Waals surface area contributed by atoms with E-state index in [1.54, 1.807) is 12.1 Å². The fourth-order valence-electron chi connectivity index (χ4n) is 3.29. The molecule has 0 bridgehead atoms. The number of carbonyl (C=O) groups excluding carboxylic acids is 2. The fraction of sp³-hybridized carbons (Fsp3) is 0.300. The van der Waals surface area contributed by atoms with Crippen LogP contribution in [0.1, 0.15) is 23.2 Å². The molecule has 0 unspecified atom stereocenters. The molecule has 1 saturated heterocycles. The number of sulfone groups is 1. The van der Waals surface area contributed by atoms with Gasteiger partial charge in [-0.1, -0.05) is 11.6 Å². The lowest BCUT2D eigenvalue weighted by atomic mass is 9.96. The molecule has 1 heterocycles. The number of benzene rings is 2. The van der Waals surface area contributed by atoms with Crippen molar-refractivity contribution in [2.45, 2.75) is 17.7 Å². The van der Waals surface area contributed by atoms with Crippen LogP contribution in [0.25, 0.3) is 0 Å². The first-order valence-electron chi connectivity index (χ1n) is 9.10. The van der Waals surface area contributed by atoms with Crippen molar-refractivity contribution < 1.29 is 18.0 Å². The van der Waals surface area contributed by atoms with E-state index in [9.17, 15) is 18.0 Å². The van der Waals surface area contributed by atoms with Crippen LogP contribution >= 0.6 is 11.6 Å². The maximum absolute atomic E-state index is 12.6. The smallest absolute Gasteiger partial charge is 0.257 e. The Balaban J connectivity index is 1.69. The second kappa shape index (κ2) is 8.42. The first-order valence-corrected chi connectivity index (χ1v) is 11.4. The molecule has 1 aliphatic heterocycles. The van der Waals surface area contributed by atoms with Gasteiger partial charge in [0.15, 0.2) is 9.84 Å². The zero-order valence-corrected chi connectivity index (χ0v) is 17.5. The van der Waals surface area contributed by atoms with Gasteiger partial charge in [-0.25, -0.2) is 8.42 Å². The molecular weight excluding hydrogens is 414 g/mol. The Morgan fingerprint density at radius 3 is 2.28 bits per heavy atom. The third-order valence-corrected chi connectivity index (χ3v) is 6.44. The number of primary amides is 1. The van der Waals surface area contributed by atoms with Crippen molar-refractivity contribution in [3.05, 3.63) is 53.1 Å². The molecule has 2 amide bonds. The van der Waals surface area contributed by atoms with Crippen LogP contribution in [0.5, 0.6) is 0 Å². The van der Waals surface area contributed by atoms with Gasteiger partial charge in [0.1, 0.15) is 0 Å². The van der Waals surface area contributed by atoms with Crippen molar-refractivity contribution in [2.75, 3.05) is 29.6 Å². The highest BCUT2D eigenvalue weighted by Gasteiger charge is 2.23. The zero-order valence-electron chi connectivity index (χ0n) is 15.9. The van der Waals surface area contributed by atoms with Crippen LogP contribution in [0.3, 0.4) is 0 Å². The summed E-state index contributed by atoms with van der Waals surface area (Å²) in [6.45, 7) is 1.49. The average Bonchev–Trinajstić information content (AvgIpc) is 2.68. The Morgan fingerprint density at radius 1 is 1.10 bits per heavy atom. The van der Waals surface area contributed by atoms with Gasteiger partial charge in [-0.15, -0.1) is 0 Å². The fourth-order valence-corrected chi connectivity index (χ4v) is 4.14. The molecule has 3 rings (SSSR count). The topological polar surface area (TPSA) is 110 Å². The monoisotopic (exact) mass is 435 g/mol. The summed E-state index contributed by atoms with van der Waals surface area (Å²) >= 11 is 6.07. The van der Waals surface area contributed by atoms with Crippen molar-refractivity contribution in [3.8, 4) is 0 Å². The number of nitrogens with two attached hydrogens (primary N) is 1. The molecule has 29 heavy (non-hydrogen) atoms. The number of nitrogens with one attached hydrogen (secondary N) is 1. The van der Waals surface area contributed by atoms with Crippen LogP contribution in [-0.2, 0) is 14.6 Å². The van der Waals surface area contributed by atoms with E-state index in [4.69, 9.17) is 17.3 Å². The summed E-state index contributed by atoms with van der Waals surface area (Å²) in [6.07, 6.45) is 2.52. The summed E-state index contributed by atoms with van der Waals surface area (Å²) in [4.78, 5) is 26.0. The van der Waals surface area contributed by atoms with E-state index < -0.39 is 15.7 Å². The predicted molar refractivity (Wildman–Crippen MR) is 113 cm³/mol. The minimum absolute atomic E-state index is 0.0294. The maximum atomic E-state index is 12.6. The van der Waals surface area contributed by atoms with Gasteiger partial charge in [0.25, 0.3) is 5.91 Å². The Labute approximate surface area is 174 Å². The molecule has 0 saturated carbocycles. The zero-order chi connectivity index (χ0) is 21.2. The van der Waals surface area contributed by atoms with Crippen LogP contribution < -0.4 is 16.0 Å². The summed E-state index contributed by atoms with van der Waals surface area (Å²) in [6, 6.07) is 11.3. The van der Waals surface area contributed by atoms with Crippen molar-refractivity contribution in [3.63, 3.8) is 0 Å². The molecule has 1 aliphatic rings. The predicted octanol–water partition coefficient (Wildman–Crippen LogP) is 2.70. The molecule has 2 aromatic carbocycles. The SMILES string of the molecule is CS(=O)(=O)c1ccc(Cl)c(C(=O)Nc2ccc(N3CCC(C(N)=O)CC3)cc2)c1. The van der Waals surface area contributed by atoms with Crippen LogP contribution in [-0.4, -0.2) is 39.6 Å². The lowest BCUT2D eigenvalue weighted by Gasteiger charge is -2.32. The lowest BCUT2D eigenvalue weighted by Crippen LogP contribution is -2.38. The Kier molecular flexibility index (Phi) is 6.14. The molecule has 7 nitrogen and oxygen atoms in total. The number of hydrogen-bond acceptors (Lipinski definition) is 5. The second-order valence-electron chi connectivity index (χ2n) is 7.08. The van der Waals surface area contributed by atoms with Gasteiger partial charge in [-0.2, -0.15) is 0 Å². The van der Waals surface area contributed by atoms with Crippen molar-refractivity contribution in [1.29, 1.82) is 0 Å². The van der Waals surface area contributed by atoms with Gasteiger partial charge >= 0.3 is 0 Å². The van der Waals surface area contributed by atoms with Crippen molar-refractivity contribution in [2.24, 2.45) is 11.7 Å². The van der Waals surface area contributed by atoms with E-state index >= 15 is 0 Å². The van der Waals surface area contributed by atoms with Gasteiger partial charge < -0.3 is 16.0 Å². The molecule has 2 aromatic rings. The van der Waals surface area contributed by atoms with Crippen LogP contribution in [0.4, 0.5) is 11.4 Å². The van der Waals surface area contributed by atoms with Gasteiger partial charge in [-0.3, -0.25) is 9.59 Å². The number of hydrogen-bond donors (Lipinski definition) is 2. The standard InChI is InChI=1S/C20H22ClN3O4S/c1-29(27,28)16-6-7-18(21)17(12-16)20(26)23-14-2-4-15(5-3-14)24-10-8-13(9-11-24)19(22)25/h2-7,12-13H,8-11H2,1H3,(H2,22,25)(H,23,26). The second-order valence-corrected chi connectivity index (χ2v) is 9.50. The minimum Gasteiger partial charge on any atom is -0.371 e. The molecule has 0 radical (unpaired) electrons. The summed E-state index contributed by atoms with van der Waals surface area (Å²) in [5.74, 6) is -0.811. The van der Waals surface area contributed by atoms with Gasteiger partial charge in [0.05, 0.1) is 15.5 Å². The number of nitrogens with zero attached hydrogens (tertiary/aromatic N) is 1. The normalized spacial score (nSPS) is 15.2. The minimum atomic E-state index is -3.45. The Morgan fingerprint density at radius 2 is 1.72 bits per heavy atom. The first-order chi connectivity index (χ1) is 13.6. The van der Waals surface area contributed by atoms with E-state index in [0.717, 1.165) is 37.9 Å². The van der Waals surface area contributed by atoms with E-state index in [-0.39, 0.29) is 27.3 Å². The number of carbonyl (C=O) groups is 2. The van der Waals surface area contributed by atoms with E-state index in [0.29, 0.717) is 5.69 Å². The van der Waals surface area contributed by atoms with Crippen LogP contribution in [0.15, 0.2) is 47.4 Å². The van der Waals surface area contributed by atoms with Crippen LogP contribution in [0.2, 0.25) is 5.02 Å². The molecule has 154 valence electrons. The third-order valence-electron chi connectivity index (χ3n) is 5.00. The van der Waals surface area contributed by atoms with Crippen molar-refractivity contribution in [1.82, 2.24) is 0 Å². The Hall–Kier alpha value is -2.58. The first kappa shape index (κ1) is 21.1. The van der Waals surface area contributed by atoms with E-state index in [1.807, 2.05) is 12.1 Å². The third kappa shape index (κ3) is 5.07. The quantitative estimate of drug-likeness (QED) is 0.750. The van der Waals surface area contributed by atoms with Crippen LogP contribution in [0, 0.1) is 5.92 Å². The van der Waals surface area contributed by atoms with Crippen molar-refractivity contribution >= 4 is 44.6 Å².